The van der Waals surface area contributed by atoms with Crippen molar-refractivity contribution in [1.29, 1.82) is 0 Å². The largest absolute Gasteiger partial charge is 0.0949 e. The summed E-state index contributed by atoms with van der Waals surface area (Å²) in [7, 11) is 0. The molecule has 0 radical (unpaired) electrons. The lowest BCUT2D eigenvalue weighted by Gasteiger charge is -2.19. The van der Waals surface area contributed by atoms with Gasteiger partial charge in [0.2, 0.25) is 0 Å². The third-order valence-electron chi connectivity index (χ3n) is 2.98. The van der Waals surface area contributed by atoms with Crippen LogP contribution in [0.4, 0.5) is 0 Å². The monoisotopic (exact) mass is 144 g/mol. The molecule has 11 heavy (non-hydrogen) atoms. The zero-order valence-electron chi connectivity index (χ0n) is 6.69. The van der Waals surface area contributed by atoms with Gasteiger partial charge >= 0.3 is 0 Å². The van der Waals surface area contributed by atoms with Crippen LogP contribution in [-0.4, -0.2) is 0 Å². The Balaban J connectivity index is 2.50. The molecule has 2 rings (SSSR count). The molecule has 2 saturated carbocycles. The summed E-state index contributed by atoms with van der Waals surface area (Å²) in [6.45, 7) is 16.0. The van der Waals surface area contributed by atoms with Crippen LogP contribution in [0.2, 0.25) is 0 Å². The summed E-state index contributed by atoms with van der Waals surface area (Å²) in [6, 6.07) is 0. The number of rotatable bonds is 0. The van der Waals surface area contributed by atoms with Crippen LogP contribution in [0.25, 0.3) is 0 Å². The molecule has 2 aliphatic carbocycles. The van der Waals surface area contributed by atoms with E-state index in [1.807, 2.05) is 0 Å². The molecule has 0 amide bonds. The fourth-order valence-electron chi connectivity index (χ4n) is 2.12. The van der Waals surface area contributed by atoms with Gasteiger partial charge in [-0.25, -0.2) is 0 Å². The highest BCUT2D eigenvalue weighted by Crippen LogP contribution is 2.54. The van der Waals surface area contributed by atoms with Gasteiger partial charge in [-0.1, -0.05) is 26.3 Å². The number of hydrogen-bond acceptors (Lipinski definition) is 0. The van der Waals surface area contributed by atoms with Crippen molar-refractivity contribution in [1.82, 2.24) is 0 Å². The first-order valence-corrected chi connectivity index (χ1v) is 3.89. The van der Waals surface area contributed by atoms with Gasteiger partial charge in [-0.05, 0) is 28.7 Å². The van der Waals surface area contributed by atoms with Crippen molar-refractivity contribution in [3.63, 3.8) is 0 Å². The summed E-state index contributed by atoms with van der Waals surface area (Å²) < 4.78 is 0. The van der Waals surface area contributed by atoms with E-state index in [1.54, 1.807) is 0 Å². The summed E-state index contributed by atoms with van der Waals surface area (Å²) in [5, 5.41) is 0. The summed E-state index contributed by atoms with van der Waals surface area (Å²) in [6.07, 6.45) is 1.13. The standard InChI is InChI=1S/C11H12/c1-6-7(2)11-5-10(6)8(3)9(11)4/h10-11H,1-5H2. The first kappa shape index (κ1) is 6.66. The SMILES string of the molecule is C=C1C(=C)C2CC1C(=C)C2=C. The van der Waals surface area contributed by atoms with Gasteiger partial charge in [0, 0.05) is 11.8 Å². The molecule has 56 valence electrons. The van der Waals surface area contributed by atoms with E-state index in [1.165, 1.54) is 22.3 Å². The van der Waals surface area contributed by atoms with E-state index < -0.39 is 0 Å². The Bertz CT molecular complexity index is 233. The lowest BCUT2D eigenvalue weighted by molar-refractivity contribution is 0.742. The molecule has 0 heterocycles. The van der Waals surface area contributed by atoms with E-state index in [-0.39, 0.29) is 0 Å². The number of allylic oxidation sites excluding steroid dienone is 4. The summed E-state index contributed by atoms with van der Waals surface area (Å²) in [5.74, 6) is 0.944. The number of fused-ring (bicyclic) bond motifs is 2. The van der Waals surface area contributed by atoms with E-state index in [4.69, 9.17) is 0 Å². The summed E-state index contributed by atoms with van der Waals surface area (Å²) >= 11 is 0. The average Bonchev–Trinajstić information content (AvgIpc) is 2.40. The molecule has 0 spiro atoms. The Kier molecular flexibility index (Phi) is 1.07. The van der Waals surface area contributed by atoms with E-state index in [9.17, 15) is 0 Å². The summed E-state index contributed by atoms with van der Waals surface area (Å²) in [5.41, 5.74) is 4.75. The van der Waals surface area contributed by atoms with Crippen LogP contribution in [0, 0.1) is 11.8 Å². The zero-order valence-corrected chi connectivity index (χ0v) is 6.69. The predicted octanol–water partition coefficient (Wildman–Crippen LogP) is 2.86. The highest BCUT2D eigenvalue weighted by molar-refractivity contribution is 5.57. The van der Waals surface area contributed by atoms with Gasteiger partial charge in [-0.15, -0.1) is 0 Å². The third kappa shape index (κ3) is 0.597. The average molecular weight is 144 g/mol. The minimum absolute atomic E-state index is 0.472. The Hall–Kier alpha value is -1.04. The minimum atomic E-state index is 0.472. The first-order valence-electron chi connectivity index (χ1n) is 3.89. The molecule has 2 bridgehead atoms. The van der Waals surface area contributed by atoms with Crippen molar-refractivity contribution in [2.75, 3.05) is 0 Å². The van der Waals surface area contributed by atoms with E-state index >= 15 is 0 Å². The van der Waals surface area contributed by atoms with Crippen LogP contribution >= 0.6 is 0 Å². The smallest absolute Gasteiger partial charge is 0.00921 e. The Labute approximate surface area is 67.6 Å². The molecule has 2 aliphatic rings. The van der Waals surface area contributed by atoms with Crippen LogP contribution in [0.5, 0.6) is 0 Å². The Morgan fingerprint density at radius 3 is 1.18 bits per heavy atom. The van der Waals surface area contributed by atoms with Gasteiger partial charge in [0.1, 0.15) is 0 Å². The lowest BCUT2D eigenvalue weighted by Crippen LogP contribution is -2.05. The topological polar surface area (TPSA) is 0 Å². The molecule has 0 aromatic heterocycles. The predicted molar refractivity (Wildman–Crippen MR) is 48.2 cm³/mol. The summed E-state index contributed by atoms with van der Waals surface area (Å²) in [4.78, 5) is 0. The Morgan fingerprint density at radius 1 is 0.727 bits per heavy atom. The van der Waals surface area contributed by atoms with Crippen molar-refractivity contribution < 1.29 is 0 Å². The maximum atomic E-state index is 4.00. The van der Waals surface area contributed by atoms with Crippen LogP contribution in [0.3, 0.4) is 0 Å². The molecule has 0 saturated heterocycles. The normalized spacial score (nSPS) is 35.6. The van der Waals surface area contributed by atoms with E-state index in [0.717, 1.165) is 6.42 Å². The molecule has 0 N–H and O–H groups in total. The molecule has 2 fully saturated rings. The minimum Gasteiger partial charge on any atom is -0.0949 e. The molecule has 0 heteroatoms. The molecular formula is C11H12. The van der Waals surface area contributed by atoms with Gasteiger partial charge in [0.15, 0.2) is 0 Å². The second-order valence-electron chi connectivity index (χ2n) is 3.44. The van der Waals surface area contributed by atoms with Crippen LogP contribution in [0.1, 0.15) is 6.42 Å². The molecule has 0 aromatic carbocycles. The highest BCUT2D eigenvalue weighted by Gasteiger charge is 2.42. The highest BCUT2D eigenvalue weighted by atomic mass is 14.5. The van der Waals surface area contributed by atoms with Gasteiger partial charge in [0.05, 0.1) is 0 Å². The van der Waals surface area contributed by atoms with Gasteiger partial charge < -0.3 is 0 Å². The van der Waals surface area contributed by atoms with Crippen LogP contribution in [0.15, 0.2) is 48.6 Å². The lowest BCUT2D eigenvalue weighted by atomic mass is 9.85. The molecule has 0 nitrogen and oxygen atoms in total. The van der Waals surface area contributed by atoms with Gasteiger partial charge in [-0.3, -0.25) is 0 Å². The third-order valence-corrected chi connectivity index (χ3v) is 2.98. The van der Waals surface area contributed by atoms with Crippen LogP contribution in [-0.2, 0) is 0 Å². The van der Waals surface area contributed by atoms with E-state index in [0.29, 0.717) is 11.8 Å². The second kappa shape index (κ2) is 1.76. The maximum Gasteiger partial charge on any atom is 0.00921 e. The van der Waals surface area contributed by atoms with Crippen molar-refractivity contribution >= 4 is 0 Å². The molecule has 0 atom stereocenters. The molecule has 0 unspecified atom stereocenters. The quantitative estimate of drug-likeness (QED) is 0.490. The maximum absolute atomic E-state index is 4.00. The molecule has 0 aromatic rings. The fraction of sp³-hybridized carbons (Fsp3) is 0.273. The van der Waals surface area contributed by atoms with Gasteiger partial charge in [0.25, 0.3) is 0 Å². The number of hydrogen-bond donors (Lipinski definition) is 0. The molecule has 0 aliphatic heterocycles. The fourth-order valence-corrected chi connectivity index (χ4v) is 2.12. The van der Waals surface area contributed by atoms with Crippen molar-refractivity contribution in [3.8, 4) is 0 Å². The van der Waals surface area contributed by atoms with Crippen molar-refractivity contribution in [2.45, 2.75) is 6.42 Å². The van der Waals surface area contributed by atoms with Crippen molar-refractivity contribution in [2.24, 2.45) is 11.8 Å². The Morgan fingerprint density at radius 2 is 1.00 bits per heavy atom. The molecular weight excluding hydrogens is 132 g/mol. The van der Waals surface area contributed by atoms with Crippen LogP contribution < -0.4 is 0 Å². The van der Waals surface area contributed by atoms with Gasteiger partial charge in [-0.2, -0.15) is 0 Å². The van der Waals surface area contributed by atoms with E-state index in [2.05, 4.69) is 26.3 Å². The zero-order chi connectivity index (χ0) is 8.17. The second-order valence-corrected chi connectivity index (χ2v) is 3.44. The van der Waals surface area contributed by atoms with Crippen molar-refractivity contribution in [3.05, 3.63) is 48.6 Å². The first-order chi connectivity index (χ1) is 5.13.